The Labute approximate surface area is 246 Å². The van der Waals surface area contributed by atoms with Gasteiger partial charge in [0.25, 0.3) is 0 Å². The van der Waals surface area contributed by atoms with Gasteiger partial charge in [0, 0.05) is 21.9 Å². The minimum atomic E-state index is 0.124. The Kier molecular flexibility index (Phi) is 5.09. The maximum absolute atomic E-state index is 6.68. The van der Waals surface area contributed by atoms with Crippen LogP contribution in [-0.2, 0) is 10.8 Å². The molecule has 0 bridgehead atoms. The summed E-state index contributed by atoms with van der Waals surface area (Å²) in [5.41, 5.74) is 13.4. The van der Waals surface area contributed by atoms with Crippen molar-refractivity contribution in [1.29, 1.82) is 0 Å². The highest BCUT2D eigenvalue weighted by Gasteiger charge is 2.25. The maximum Gasteiger partial charge on any atom is 0.136 e. The van der Waals surface area contributed by atoms with E-state index in [-0.39, 0.29) is 10.8 Å². The molecule has 206 valence electrons. The summed E-state index contributed by atoms with van der Waals surface area (Å²) in [6.07, 6.45) is 0. The first-order chi connectivity index (χ1) is 20.0. The second-order valence-corrected chi connectivity index (χ2v) is 13.9. The largest absolute Gasteiger partial charge is 0.456 e. The molecule has 2 nitrogen and oxygen atoms in total. The van der Waals surface area contributed by atoms with Crippen molar-refractivity contribution in [2.24, 2.45) is 0 Å². The average molecular weight is 547 g/mol. The van der Waals surface area contributed by atoms with E-state index >= 15 is 0 Å². The van der Waals surface area contributed by atoms with Crippen molar-refractivity contribution >= 4 is 43.9 Å². The highest BCUT2D eigenvalue weighted by molar-refractivity contribution is 6.24. The Bertz CT molecular complexity index is 2060. The molecule has 42 heavy (non-hydrogen) atoms. The third-order valence-corrected chi connectivity index (χ3v) is 8.95. The van der Waals surface area contributed by atoms with Gasteiger partial charge < -0.3 is 8.83 Å². The zero-order chi connectivity index (χ0) is 29.0. The van der Waals surface area contributed by atoms with Crippen molar-refractivity contribution in [3.63, 3.8) is 0 Å². The summed E-state index contributed by atoms with van der Waals surface area (Å²) < 4.78 is 13.4. The highest BCUT2D eigenvalue weighted by Crippen LogP contribution is 2.49. The summed E-state index contributed by atoms with van der Waals surface area (Å²) >= 11 is 0. The standard InChI is InChI=1S/C40H34O2/c1-39(2,3)29-13-7-23(8-14-29)27-19-25-11-17-32-37-35(25)33(21-27)41-31-18-12-26-20-28(22-34(42-32)36(26)38(31)37)24-9-15-30(16-10-24)40(4,5)6/h7-22H,1-6H3. The van der Waals surface area contributed by atoms with Crippen LogP contribution in [0.4, 0.5) is 0 Å². The van der Waals surface area contributed by atoms with Gasteiger partial charge in [-0.15, -0.1) is 0 Å². The van der Waals surface area contributed by atoms with Crippen molar-refractivity contribution in [2.75, 3.05) is 0 Å². The van der Waals surface area contributed by atoms with Crippen molar-refractivity contribution < 1.29 is 8.83 Å². The van der Waals surface area contributed by atoms with Gasteiger partial charge in [-0.25, -0.2) is 0 Å². The molecule has 0 radical (unpaired) electrons. The first-order valence-electron chi connectivity index (χ1n) is 14.8. The Morgan fingerprint density at radius 3 is 1.12 bits per heavy atom. The van der Waals surface area contributed by atoms with Crippen LogP contribution in [0.5, 0.6) is 0 Å². The summed E-state index contributed by atoms with van der Waals surface area (Å²) in [5.74, 6) is 0. The lowest BCUT2D eigenvalue weighted by Crippen LogP contribution is -2.10. The van der Waals surface area contributed by atoms with E-state index in [0.717, 1.165) is 66.1 Å². The van der Waals surface area contributed by atoms with Crippen LogP contribution in [0.1, 0.15) is 52.7 Å². The molecule has 0 saturated carbocycles. The van der Waals surface area contributed by atoms with Gasteiger partial charge in [0.05, 0.1) is 0 Å². The van der Waals surface area contributed by atoms with Crippen LogP contribution in [0.3, 0.4) is 0 Å². The van der Waals surface area contributed by atoms with Crippen LogP contribution in [0, 0.1) is 0 Å². The first-order valence-corrected chi connectivity index (χ1v) is 14.8. The van der Waals surface area contributed by atoms with Crippen LogP contribution < -0.4 is 0 Å². The van der Waals surface area contributed by atoms with Crippen LogP contribution >= 0.6 is 0 Å². The van der Waals surface area contributed by atoms with Gasteiger partial charge in [-0.3, -0.25) is 0 Å². The molecule has 6 aromatic rings. The van der Waals surface area contributed by atoms with E-state index in [1.807, 2.05) is 0 Å². The van der Waals surface area contributed by atoms with Gasteiger partial charge in [0.2, 0.25) is 0 Å². The molecule has 0 unspecified atom stereocenters. The molecule has 0 N–H and O–H groups in total. The topological polar surface area (TPSA) is 26.3 Å². The molecule has 2 heterocycles. The maximum atomic E-state index is 6.68. The lowest BCUT2D eigenvalue weighted by Gasteiger charge is -2.21. The van der Waals surface area contributed by atoms with E-state index < -0.39 is 0 Å². The number of rotatable bonds is 2. The van der Waals surface area contributed by atoms with Crippen LogP contribution in [-0.4, -0.2) is 0 Å². The number of hydrogen-bond donors (Lipinski definition) is 0. The quantitative estimate of drug-likeness (QED) is 0.159. The molecule has 0 saturated heterocycles. The SMILES string of the molecule is CC(C)(C)c1ccc(-c2cc3ccc4oc5cc(-c6ccc(C(C)(C)C)cc6)cc6ccc7oc(c2)c3c4-c7c65)cc1. The van der Waals surface area contributed by atoms with E-state index in [1.54, 1.807) is 0 Å². The fourth-order valence-corrected chi connectivity index (χ4v) is 6.54. The van der Waals surface area contributed by atoms with Crippen molar-refractivity contribution in [3.05, 3.63) is 108 Å². The Morgan fingerprint density at radius 1 is 0.381 bits per heavy atom. The smallest absolute Gasteiger partial charge is 0.136 e. The molecule has 2 aliphatic rings. The number of benzene rings is 6. The second kappa shape index (κ2) is 8.49. The fourth-order valence-electron chi connectivity index (χ4n) is 6.54. The Morgan fingerprint density at radius 2 is 0.762 bits per heavy atom. The van der Waals surface area contributed by atoms with E-state index in [4.69, 9.17) is 8.83 Å². The van der Waals surface area contributed by atoms with Gasteiger partial charge in [-0.2, -0.15) is 0 Å². The zero-order valence-electron chi connectivity index (χ0n) is 25.1. The third kappa shape index (κ3) is 3.78. The molecule has 0 atom stereocenters. The Balaban J connectivity index is 1.33. The third-order valence-electron chi connectivity index (χ3n) is 8.95. The Hall–Kier alpha value is -4.56. The highest BCUT2D eigenvalue weighted by atomic mass is 16.3. The van der Waals surface area contributed by atoms with Crippen molar-refractivity contribution in [2.45, 2.75) is 52.4 Å². The molecule has 0 fully saturated rings. The summed E-state index contributed by atoms with van der Waals surface area (Å²) in [4.78, 5) is 0. The lowest BCUT2D eigenvalue weighted by atomic mass is 9.85. The molecule has 8 rings (SSSR count). The average Bonchev–Trinajstić information content (AvgIpc) is 2.97. The molecule has 2 heteroatoms. The fraction of sp³-hybridized carbons (Fsp3) is 0.200. The van der Waals surface area contributed by atoms with Gasteiger partial charge in [-0.05, 0) is 91.4 Å². The molecule has 6 aromatic carbocycles. The second-order valence-electron chi connectivity index (χ2n) is 13.9. The summed E-state index contributed by atoms with van der Waals surface area (Å²) in [6.45, 7) is 13.5. The van der Waals surface area contributed by atoms with Crippen molar-refractivity contribution in [1.82, 2.24) is 0 Å². The zero-order valence-corrected chi connectivity index (χ0v) is 25.1. The van der Waals surface area contributed by atoms with Gasteiger partial charge in [-0.1, -0.05) is 102 Å². The minimum absolute atomic E-state index is 0.124. The minimum Gasteiger partial charge on any atom is -0.456 e. The predicted octanol–water partition coefficient (Wildman–Crippen LogP) is 12.0. The molecular weight excluding hydrogens is 512 g/mol. The molecule has 0 spiro atoms. The molecule has 0 amide bonds. The molecular formula is C40H34O2. The molecule has 0 aromatic heterocycles. The van der Waals surface area contributed by atoms with E-state index in [1.165, 1.54) is 22.3 Å². The molecule has 2 aliphatic heterocycles. The normalized spacial score (nSPS) is 13.0. The van der Waals surface area contributed by atoms with Crippen molar-refractivity contribution in [3.8, 4) is 33.4 Å². The molecule has 0 aliphatic carbocycles. The summed E-state index contributed by atoms with van der Waals surface area (Å²) in [7, 11) is 0. The lowest BCUT2D eigenvalue weighted by molar-refractivity contribution is 0.590. The predicted molar refractivity (Wildman–Crippen MR) is 177 cm³/mol. The van der Waals surface area contributed by atoms with E-state index in [2.05, 4.69) is 139 Å². The van der Waals surface area contributed by atoms with Crippen LogP contribution in [0.25, 0.3) is 77.3 Å². The number of hydrogen-bond acceptors (Lipinski definition) is 2. The van der Waals surface area contributed by atoms with Crippen LogP contribution in [0.2, 0.25) is 0 Å². The summed E-state index contributed by atoms with van der Waals surface area (Å²) in [6, 6.07) is 35.3. The van der Waals surface area contributed by atoms with E-state index in [9.17, 15) is 0 Å². The van der Waals surface area contributed by atoms with Gasteiger partial charge in [0.1, 0.15) is 22.3 Å². The van der Waals surface area contributed by atoms with Crippen LogP contribution in [0.15, 0.2) is 106 Å². The first kappa shape index (κ1) is 25.2. The van der Waals surface area contributed by atoms with E-state index in [0.29, 0.717) is 0 Å². The van der Waals surface area contributed by atoms with Gasteiger partial charge >= 0.3 is 0 Å². The summed E-state index contributed by atoms with van der Waals surface area (Å²) in [5, 5.41) is 4.56. The van der Waals surface area contributed by atoms with Gasteiger partial charge in [0.15, 0.2) is 0 Å². The monoisotopic (exact) mass is 546 g/mol.